The molecule has 0 saturated heterocycles. The lowest BCUT2D eigenvalue weighted by Crippen LogP contribution is -2.08. The molecule has 3 aromatic carbocycles. The van der Waals surface area contributed by atoms with Crippen LogP contribution in [0.4, 0.5) is 11.4 Å². The number of hydrogen-bond donors (Lipinski definition) is 2. The van der Waals surface area contributed by atoms with E-state index in [4.69, 9.17) is 11.5 Å². The third-order valence-electron chi connectivity index (χ3n) is 5.03. The van der Waals surface area contributed by atoms with E-state index in [1.807, 2.05) is 18.2 Å². The first-order chi connectivity index (χ1) is 11.7. The van der Waals surface area contributed by atoms with Crippen molar-refractivity contribution in [3.8, 4) is 0 Å². The van der Waals surface area contributed by atoms with Gasteiger partial charge in [0.25, 0.3) is 0 Å². The molecule has 0 fully saturated rings. The molecule has 24 heavy (non-hydrogen) atoms. The van der Waals surface area contributed by atoms with Crippen molar-refractivity contribution in [3.63, 3.8) is 0 Å². The normalized spacial score (nSPS) is 16.1. The van der Waals surface area contributed by atoms with E-state index in [0.29, 0.717) is 5.92 Å². The van der Waals surface area contributed by atoms with Crippen LogP contribution < -0.4 is 11.5 Å². The van der Waals surface area contributed by atoms with Crippen molar-refractivity contribution in [2.75, 3.05) is 11.5 Å². The largest absolute Gasteiger partial charge is 0.399 e. The Hall–Kier alpha value is -2.74. The maximum absolute atomic E-state index is 6.04. The van der Waals surface area contributed by atoms with Gasteiger partial charge in [-0.3, -0.25) is 0 Å². The van der Waals surface area contributed by atoms with Crippen LogP contribution in [0.2, 0.25) is 0 Å². The fourth-order valence-corrected chi connectivity index (χ4v) is 3.90. The fraction of sp³-hybridized carbons (Fsp3) is 0.182. The molecule has 0 saturated carbocycles. The Morgan fingerprint density at radius 2 is 1.46 bits per heavy atom. The summed E-state index contributed by atoms with van der Waals surface area (Å²) in [5.74, 6) is 0.348. The SMILES string of the molecule is Nc1cccc(CC2c3ccccc3CCc3cc(N)ccc32)c1. The number of nitrogen functional groups attached to an aromatic ring is 2. The highest BCUT2D eigenvalue weighted by molar-refractivity contribution is 5.52. The van der Waals surface area contributed by atoms with Gasteiger partial charge in [-0.05, 0) is 71.3 Å². The van der Waals surface area contributed by atoms with E-state index in [-0.39, 0.29) is 0 Å². The van der Waals surface area contributed by atoms with Crippen molar-refractivity contribution in [2.24, 2.45) is 0 Å². The minimum Gasteiger partial charge on any atom is -0.399 e. The second-order valence-electron chi connectivity index (χ2n) is 6.66. The molecule has 2 heteroatoms. The zero-order chi connectivity index (χ0) is 16.5. The van der Waals surface area contributed by atoms with E-state index < -0.39 is 0 Å². The van der Waals surface area contributed by atoms with Gasteiger partial charge in [-0.25, -0.2) is 0 Å². The highest BCUT2D eigenvalue weighted by Crippen LogP contribution is 2.37. The first-order valence-corrected chi connectivity index (χ1v) is 8.51. The van der Waals surface area contributed by atoms with Crippen LogP contribution in [0, 0.1) is 0 Å². The van der Waals surface area contributed by atoms with Crippen molar-refractivity contribution >= 4 is 11.4 Å². The molecule has 0 radical (unpaired) electrons. The van der Waals surface area contributed by atoms with Crippen LogP contribution in [0.3, 0.4) is 0 Å². The predicted octanol–water partition coefficient (Wildman–Crippen LogP) is 4.32. The van der Waals surface area contributed by atoms with Crippen LogP contribution in [-0.4, -0.2) is 0 Å². The molecule has 0 amide bonds. The number of hydrogen-bond acceptors (Lipinski definition) is 2. The van der Waals surface area contributed by atoms with Crippen LogP contribution in [0.15, 0.2) is 66.7 Å². The Bertz CT molecular complexity index is 883. The molecule has 4 rings (SSSR count). The van der Waals surface area contributed by atoms with Crippen molar-refractivity contribution < 1.29 is 0 Å². The quantitative estimate of drug-likeness (QED) is 0.692. The topological polar surface area (TPSA) is 52.0 Å². The Morgan fingerprint density at radius 1 is 0.708 bits per heavy atom. The number of rotatable bonds is 2. The van der Waals surface area contributed by atoms with Gasteiger partial charge in [0, 0.05) is 17.3 Å². The van der Waals surface area contributed by atoms with Crippen molar-refractivity contribution in [1.29, 1.82) is 0 Å². The summed E-state index contributed by atoms with van der Waals surface area (Å²) in [7, 11) is 0. The van der Waals surface area contributed by atoms with E-state index >= 15 is 0 Å². The Morgan fingerprint density at radius 3 is 2.33 bits per heavy atom. The number of benzene rings is 3. The van der Waals surface area contributed by atoms with Crippen LogP contribution >= 0.6 is 0 Å². The molecule has 0 aromatic heterocycles. The van der Waals surface area contributed by atoms with Crippen molar-refractivity contribution in [1.82, 2.24) is 0 Å². The summed E-state index contributed by atoms with van der Waals surface area (Å²) < 4.78 is 0. The molecule has 120 valence electrons. The molecule has 0 spiro atoms. The molecular weight excluding hydrogens is 292 g/mol. The predicted molar refractivity (Wildman–Crippen MR) is 101 cm³/mol. The van der Waals surface area contributed by atoms with E-state index in [2.05, 4.69) is 48.5 Å². The summed E-state index contributed by atoms with van der Waals surface area (Å²) in [6.07, 6.45) is 3.07. The van der Waals surface area contributed by atoms with Gasteiger partial charge >= 0.3 is 0 Å². The minimum absolute atomic E-state index is 0.348. The summed E-state index contributed by atoms with van der Waals surface area (Å²) in [5.41, 5.74) is 20.6. The molecule has 0 heterocycles. The van der Waals surface area contributed by atoms with Gasteiger partial charge in [0.1, 0.15) is 0 Å². The van der Waals surface area contributed by atoms with Crippen molar-refractivity contribution in [3.05, 3.63) is 94.5 Å². The van der Waals surface area contributed by atoms with Gasteiger partial charge < -0.3 is 11.5 Å². The lowest BCUT2D eigenvalue weighted by molar-refractivity contribution is 0.800. The van der Waals surface area contributed by atoms with E-state index in [0.717, 1.165) is 30.6 Å². The summed E-state index contributed by atoms with van der Waals surface area (Å²) >= 11 is 0. The number of nitrogens with two attached hydrogens (primary N) is 2. The molecule has 4 N–H and O–H groups in total. The van der Waals surface area contributed by atoms with Gasteiger partial charge in [0.15, 0.2) is 0 Å². The molecule has 3 aromatic rings. The minimum atomic E-state index is 0.348. The summed E-state index contributed by atoms with van der Waals surface area (Å²) in [4.78, 5) is 0. The number of fused-ring (bicyclic) bond motifs is 2. The summed E-state index contributed by atoms with van der Waals surface area (Å²) in [6, 6.07) is 23.4. The summed E-state index contributed by atoms with van der Waals surface area (Å²) in [6.45, 7) is 0. The molecule has 0 aliphatic heterocycles. The monoisotopic (exact) mass is 314 g/mol. The second-order valence-corrected chi connectivity index (χ2v) is 6.66. The Balaban J connectivity index is 1.84. The molecule has 0 bridgehead atoms. The van der Waals surface area contributed by atoms with E-state index in [9.17, 15) is 0 Å². The lowest BCUT2D eigenvalue weighted by Gasteiger charge is -2.21. The molecule has 1 atom stereocenters. The third-order valence-corrected chi connectivity index (χ3v) is 5.03. The molecular formula is C22H22N2. The van der Waals surface area contributed by atoms with Gasteiger partial charge in [-0.15, -0.1) is 0 Å². The van der Waals surface area contributed by atoms with Crippen LogP contribution in [0.5, 0.6) is 0 Å². The fourth-order valence-electron chi connectivity index (χ4n) is 3.90. The molecule has 1 unspecified atom stereocenters. The highest BCUT2D eigenvalue weighted by atomic mass is 14.5. The average Bonchev–Trinajstić information content (AvgIpc) is 2.73. The van der Waals surface area contributed by atoms with Gasteiger partial charge in [-0.2, -0.15) is 0 Å². The lowest BCUT2D eigenvalue weighted by atomic mass is 9.83. The zero-order valence-electron chi connectivity index (χ0n) is 13.7. The summed E-state index contributed by atoms with van der Waals surface area (Å²) in [5, 5.41) is 0. The van der Waals surface area contributed by atoms with Crippen LogP contribution in [0.1, 0.15) is 33.7 Å². The van der Waals surface area contributed by atoms with E-state index in [1.165, 1.54) is 27.8 Å². The molecule has 1 aliphatic carbocycles. The average molecular weight is 314 g/mol. The van der Waals surface area contributed by atoms with E-state index in [1.54, 1.807) is 0 Å². The Kier molecular flexibility index (Phi) is 3.73. The zero-order valence-corrected chi connectivity index (χ0v) is 13.7. The maximum Gasteiger partial charge on any atom is 0.0316 e. The highest BCUT2D eigenvalue weighted by Gasteiger charge is 2.23. The van der Waals surface area contributed by atoms with Gasteiger partial charge in [-0.1, -0.05) is 42.5 Å². The first-order valence-electron chi connectivity index (χ1n) is 8.51. The van der Waals surface area contributed by atoms with Crippen molar-refractivity contribution in [2.45, 2.75) is 25.2 Å². The first kappa shape index (κ1) is 14.8. The molecule has 1 aliphatic rings. The third kappa shape index (κ3) is 2.76. The van der Waals surface area contributed by atoms with Gasteiger partial charge in [0.05, 0.1) is 0 Å². The standard InChI is InChI=1S/C22H22N2/c23-18-6-3-4-15(12-18)13-22-20-7-2-1-5-16(20)8-9-17-14-19(24)10-11-21(17)22/h1-7,10-12,14,22H,8-9,13,23-24H2. The maximum atomic E-state index is 6.04. The van der Waals surface area contributed by atoms with Crippen LogP contribution in [0.25, 0.3) is 0 Å². The van der Waals surface area contributed by atoms with Gasteiger partial charge in [0.2, 0.25) is 0 Å². The smallest absolute Gasteiger partial charge is 0.0316 e. The Labute approximate surface area is 143 Å². The number of aryl methyl sites for hydroxylation is 2. The second kappa shape index (κ2) is 6.04. The van der Waals surface area contributed by atoms with Crippen LogP contribution in [-0.2, 0) is 19.3 Å². The molecule has 2 nitrogen and oxygen atoms in total. The number of anilines is 2.